The van der Waals surface area contributed by atoms with E-state index < -0.39 is 0 Å². The number of benzene rings is 1. The first-order chi connectivity index (χ1) is 13.6. The zero-order valence-electron chi connectivity index (χ0n) is 16.0. The van der Waals surface area contributed by atoms with Crippen LogP contribution in [-0.2, 0) is 4.79 Å². The van der Waals surface area contributed by atoms with Crippen molar-refractivity contribution in [1.29, 1.82) is 0 Å². The minimum Gasteiger partial charge on any atom is -0.342 e. The topological polar surface area (TPSA) is 43.9 Å². The van der Waals surface area contributed by atoms with Gasteiger partial charge in [0.2, 0.25) is 5.91 Å². The molecule has 1 aromatic carbocycles. The molecule has 28 heavy (non-hydrogen) atoms. The molecular formula is C21H26FN3O2S. The Morgan fingerprint density at radius 1 is 0.893 bits per heavy atom. The second kappa shape index (κ2) is 8.57. The zero-order chi connectivity index (χ0) is 19.5. The van der Waals surface area contributed by atoms with Gasteiger partial charge in [0.15, 0.2) is 0 Å². The molecule has 2 saturated heterocycles. The summed E-state index contributed by atoms with van der Waals surface area (Å²) in [5, 5.41) is 0.773. The van der Waals surface area contributed by atoms with Gasteiger partial charge in [0.25, 0.3) is 5.91 Å². The van der Waals surface area contributed by atoms with E-state index in [1.807, 2.05) is 9.80 Å². The number of halogens is 1. The summed E-state index contributed by atoms with van der Waals surface area (Å²) in [5.74, 6) is -0.0692. The van der Waals surface area contributed by atoms with Gasteiger partial charge in [-0.25, -0.2) is 4.39 Å². The lowest BCUT2D eigenvalue weighted by Crippen LogP contribution is -2.51. The Kier molecular flexibility index (Phi) is 5.92. The quantitative estimate of drug-likeness (QED) is 0.791. The summed E-state index contributed by atoms with van der Waals surface area (Å²) in [6.45, 7) is 4.87. The number of likely N-dealkylation sites (tertiary alicyclic amines) is 1. The summed E-state index contributed by atoms with van der Waals surface area (Å²) in [6.07, 6.45) is 4.64. The normalized spacial score (nSPS) is 19.0. The number of piperazine rings is 1. The second-order valence-electron chi connectivity index (χ2n) is 7.66. The number of carbonyl (C=O) groups is 2. The van der Waals surface area contributed by atoms with Crippen LogP contribution in [0.2, 0.25) is 0 Å². The fourth-order valence-corrected chi connectivity index (χ4v) is 5.01. The Labute approximate surface area is 168 Å². The molecule has 0 N–H and O–H groups in total. The molecule has 5 nitrogen and oxygen atoms in total. The fraction of sp³-hybridized carbons (Fsp3) is 0.524. The van der Waals surface area contributed by atoms with Crippen molar-refractivity contribution in [3.8, 4) is 0 Å². The lowest BCUT2D eigenvalue weighted by Gasteiger charge is -2.35. The van der Waals surface area contributed by atoms with Crippen LogP contribution >= 0.6 is 11.3 Å². The SMILES string of the molecule is O=C(CN1CCN(C(=O)c2cc3cc(F)ccc3s2)CC1)N1CCCCCC1. The number of rotatable bonds is 3. The van der Waals surface area contributed by atoms with Crippen LogP contribution in [0.15, 0.2) is 24.3 Å². The Bertz CT molecular complexity index is 852. The molecule has 4 rings (SSSR count). The molecule has 2 aliphatic heterocycles. The van der Waals surface area contributed by atoms with Gasteiger partial charge in [-0.1, -0.05) is 12.8 Å². The molecule has 1 aromatic heterocycles. The third-order valence-electron chi connectivity index (χ3n) is 5.67. The number of thiophene rings is 1. The van der Waals surface area contributed by atoms with Crippen molar-refractivity contribution in [2.75, 3.05) is 45.8 Å². The highest BCUT2D eigenvalue weighted by Crippen LogP contribution is 2.27. The van der Waals surface area contributed by atoms with E-state index in [1.165, 1.54) is 36.3 Å². The molecule has 150 valence electrons. The fourth-order valence-electron chi connectivity index (χ4n) is 4.00. The van der Waals surface area contributed by atoms with E-state index in [0.29, 0.717) is 37.6 Å². The van der Waals surface area contributed by atoms with Gasteiger partial charge in [-0.2, -0.15) is 0 Å². The summed E-state index contributed by atoms with van der Waals surface area (Å²) in [4.78, 5) is 32.0. The average Bonchev–Trinajstić information content (AvgIpc) is 2.92. The molecule has 2 aromatic rings. The van der Waals surface area contributed by atoms with Crippen molar-refractivity contribution in [2.45, 2.75) is 25.7 Å². The van der Waals surface area contributed by atoms with E-state index in [4.69, 9.17) is 0 Å². The van der Waals surface area contributed by atoms with E-state index in [9.17, 15) is 14.0 Å². The Morgan fingerprint density at radius 2 is 1.61 bits per heavy atom. The molecule has 2 aliphatic rings. The predicted molar refractivity (Wildman–Crippen MR) is 109 cm³/mol. The number of hydrogen-bond donors (Lipinski definition) is 0. The minimum absolute atomic E-state index is 0.0000952. The Hall–Kier alpha value is -1.99. The van der Waals surface area contributed by atoms with Gasteiger partial charge in [0.1, 0.15) is 5.82 Å². The van der Waals surface area contributed by atoms with Gasteiger partial charge >= 0.3 is 0 Å². The summed E-state index contributed by atoms with van der Waals surface area (Å²) in [5.41, 5.74) is 0. The highest BCUT2D eigenvalue weighted by atomic mass is 32.1. The molecule has 3 heterocycles. The van der Waals surface area contributed by atoms with Crippen LogP contribution in [0, 0.1) is 5.82 Å². The molecular weight excluding hydrogens is 377 g/mol. The average molecular weight is 404 g/mol. The van der Waals surface area contributed by atoms with E-state index in [2.05, 4.69) is 4.90 Å². The molecule has 0 atom stereocenters. The van der Waals surface area contributed by atoms with Crippen molar-refractivity contribution in [1.82, 2.24) is 14.7 Å². The van der Waals surface area contributed by atoms with Crippen molar-refractivity contribution in [3.05, 3.63) is 35.0 Å². The summed E-state index contributed by atoms with van der Waals surface area (Å²) in [6, 6.07) is 6.39. The Balaban J connectivity index is 1.31. The largest absolute Gasteiger partial charge is 0.342 e. The first kappa shape index (κ1) is 19.3. The lowest BCUT2D eigenvalue weighted by molar-refractivity contribution is -0.132. The smallest absolute Gasteiger partial charge is 0.264 e. The number of hydrogen-bond acceptors (Lipinski definition) is 4. The number of fused-ring (bicyclic) bond motifs is 1. The molecule has 0 spiro atoms. The van der Waals surface area contributed by atoms with E-state index in [1.54, 1.807) is 12.1 Å². The van der Waals surface area contributed by atoms with Gasteiger partial charge in [-0.3, -0.25) is 14.5 Å². The summed E-state index contributed by atoms with van der Waals surface area (Å²) >= 11 is 1.41. The highest BCUT2D eigenvalue weighted by molar-refractivity contribution is 7.20. The number of carbonyl (C=O) groups excluding carboxylic acids is 2. The number of nitrogens with zero attached hydrogens (tertiary/aromatic N) is 3. The number of amides is 2. The molecule has 0 saturated carbocycles. The Morgan fingerprint density at radius 3 is 2.32 bits per heavy atom. The molecule has 0 unspecified atom stereocenters. The summed E-state index contributed by atoms with van der Waals surface area (Å²) in [7, 11) is 0. The van der Waals surface area contributed by atoms with Gasteiger partial charge in [0.05, 0.1) is 11.4 Å². The molecule has 2 amide bonds. The van der Waals surface area contributed by atoms with Crippen molar-refractivity contribution in [2.24, 2.45) is 0 Å². The van der Waals surface area contributed by atoms with Crippen LogP contribution in [0.1, 0.15) is 35.4 Å². The molecule has 2 fully saturated rings. The third-order valence-corrected chi connectivity index (χ3v) is 6.77. The zero-order valence-corrected chi connectivity index (χ0v) is 16.8. The van der Waals surface area contributed by atoms with Gasteiger partial charge in [-0.05, 0) is 42.5 Å². The molecule has 0 radical (unpaired) electrons. The van der Waals surface area contributed by atoms with E-state index in [0.717, 1.165) is 36.0 Å². The first-order valence-corrected chi connectivity index (χ1v) is 10.9. The van der Waals surface area contributed by atoms with E-state index >= 15 is 0 Å². The van der Waals surface area contributed by atoms with Crippen LogP contribution in [0.5, 0.6) is 0 Å². The maximum atomic E-state index is 13.4. The molecule has 0 bridgehead atoms. The lowest BCUT2D eigenvalue weighted by atomic mass is 10.2. The first-order valence-electron chi connectivity index (χ1n) is 10.1. The standard InChI is InChI=1S/C21H26FN3O2S/c22-17-5-6-18-16(13-17)14-19(28-18)21(27)25-11-9-23(10-12-25)15-20(26)24-7-3-1-2-4-8-24/h5-6,13-14H,1-4,7-12,15H2. The summed E-state index contributed by atoms with van der Waals surface area (Å²) < 4.78 is 14.3. The monoisotopic (exact) mass is 403 g/mol. The van der Waals surface area contributed by atoms with E-state index in [-0.39, 0.29) is 17.6 Å². The second-order valence-corrected chi connectivity index (χ2v) is 8.74. The van der Waals surface area contributed by atoms with Crippen LogP contribution in [0.3, 0.4) is 0 Å². The molecule has 7 heteroatoms. The van der Waals surface area contributed by atoms with Crippen LogP contribution < -0.4 is 0 Å². The van der Waals surface area contributed by atoms with Crippen molar-refractivity contribution < 1.29 is 14.0 Å². The van der Waals surface area contributed by atoms with Crippen LogP contribution in [0.25, 0.3) is 10.1 Å². The van der Waals surface area contributed by atoms with Crippen LogP contribution in [0.4, 0.5) is 4.39 Å². The van der Waals surface area contributed by atoms with Crippen molar-refractivity contribution >= 4 is 33.2 Å². The maximum Gasteiger partial charge on any atom is 0.264 e. The highest BCUT2D eigenvalue weighted by Gasteiger charge is 2.26. The van der Waals surface area contributed by atoms with Crippen LogP contribution in [-0.4, -0.2) is 72.3 Å². The van der Waals surface area contributed by atoms with Gasteiger partial charge < -0.3 is 9.80 Å². The van der Waals surface area contributed by atoms with Crippen molar-refractivity contribution in [3.63, 3.8) is 0 Å². The van der Waals surface area contributed by atoms with Gasteiger partial charge in [0, 0.05) is 44.0 Å². The predicted octanol–water partition coefficient (Wildman–Crippen LogP) is 3.20. The maximum absolute atomic E-state index is 13.4. The van der Waals surface area contributed by atoms with Gasteiger partial charge in [-0.15, -0.1) is 11.3 Å². The third kappa shape index (κ3) is 4.36. The molecule has 0 aliphatic carbocycles. The minimum atomic E-state index is -0.285.